The van der Waals surface area contributed by atoms with Gasteiger partial charge in [0.05, 0.1) is 0 Å². The van der Waals surface area contributed by atoms with Crippen LogP contribution in [0.3, 0.4) is 0 Å². The third-order valence-electron chi connectivity index (χ3n) is 1.22. The molecule has 10 heavy (non-hydrogen) atoms. The number of rotatable bonds is 0. The topological polar surface area (TPSA) is 76.8 Å². The van der Waals surface area contributed by atoms with Crippen LogP contribution in [0.4, 0.5) is 0 Å². The van der Waals surface area contributed by atoms with Crippen LogP contribution in [-0.4, -0.2) is 9.24 Å². The molecule has 1 aromatic heterocycles. The zero-order valence-corrected chi connectivity index (χ0v) is 5.53. The molecule has 0 saturated heterocycles. The van der Waals surface area contributed by atoms with E-state index >= 15 is 0 Å². The molecule has 1 aromatic rings. The first-order chi connectivity index (χ1) is 4.63. The van der Waals surface area contributed by atoms with Gasteiger partial charge in [0.25, 0.3) is 0 Å². The van der Waals surface area contributed by atoms with Gasteiger partial charge in [0.1, 0.15) is 5.49 Å². The van der Waals surface area contributed by atoms with Crippen molar-refractivity contribution in [1.82, 2.24) is 9.24 Å². The van der Waals surface area contributed by atoms with Crippen molar-refractivity contribution < 1.29 is 0 Å². The normalized spacial score (nSPS) is 9.70. The van der Waals surface area contributed by atoms with Gasteiger partial charge in [-0.25, -0.2) is 4.79 Å². The van der Waals surface area contributed by atoms with Crippen LogP contribution in [0.25, 0.3) is 0 Å². The minimum absolute atomic E-state index is 0.00287. The Morgan fingerprint density at radius 3 is 2.80 bits per heavy atom. The molecule has 5 nitrogen and oxygen atoms in total. The van der Waals surface area contributed by atoms with Crippen molar-refractivity contribution in [2.24, 2.45) is 7.05 Å². The molecule has 0 aromatic carbocycles. The Bertz CT molecular complexity index is 347. The van der Waals surface area contributed by atoms with Gasteiger partial charge in [0.2, 0.25) is 0 Å². The van der Waals surface area contributed by atoms with Gasteiger partial charge in [-0.05, 0) is 6.07 Å². The molecule has 0 aliphatic heterocycles. The smallest absolute Gasteiger partial charge is 0.333 e. The van der Waals surface area contributed by atoms with E-state index in [2.05, 4.69) is 0 Å². The zero-order chi connectivity index (χ0) is 7.72. The molecule has 0 aliphatic carbocycles. The van der Waals surface area contributed by atoms with Gasteiger partial charge >= 0.3 is 5.69 Å². The number of nitrogens with zero attached hydrogens (tertiary/aromatic N) is 2. The maximum absolute atomic E-state index is 10.9. The lowest BCUT2D eigenvalue weighted by molar-refractivity contribution is 0.699. The first-order valence-corrected chi connectivity index (χ1v) is 2.71. The summed E-state index contributed by atoms with van der Waals surface area (Å²) in [6, 6.07) is 1.45. The van der Waals surface area contributed by atoms with E-state index in [9.17, 15) is 4.79 Å². The molecule has 0 spiro atoms. The van der Waals surface area contributed by atoms with Gasteiger partial charge in [-0.3, -0.25) is 5.41 Å². The zero-order valence-electron chi connectivity index (χ0n) is 5.53. The van der Waals surface area contributed by atoms with Crippen LogP contribution in [-0.2, 0) is 7.05 Å². The molecule has 0 atom stereocenters. The molecule has 0 fully saturated rings. The Hall–Kier alpha value is -1.52. The fourth-order valence-corrected chi connectivity index (χ4v) is 0.599. The summed E-state index contributed by atoms with van der Waals surface area (Å²) >= 11 is 0. The summed E-state index contributed by atoms with van der Waals surface area (Å²) in [7, 11) is 1.57. The summed E-state index contributed by atoms with van der Waals surface area (Å²) in [6.45, 7) is 0. The lowest BCUT2D eigenvalue weighted by atomic mass is 10.6. The van der Waals surface area contributed by atoms with E-state index in [4.69, 9.17) is 11.3 Å². The van der Waals surface area contributed by atoms with Gasteiger partial charge < -0.3 is 10.4 Å². The van der Waals surface area contributed by atoms with Crippen molar-refractivity contribution in [3.05, 3.63) is 28.2 Å². The molecule has 0 radical (unpaired) electrons. The molecular weight excluding hydrogens is 132 g/mol. The van der Waals surface area contributed by atoms with Crippen LogP contribution in [0.15, 0.2) is 17.1 Å². The number of aromatic nitrogens is 2. The highest BCUT2D eigenvalue weighted by atomic mass is 16.2. The van der Waals surface area contributed by atoms with Crippen LogP contribution in [0.5, 0.6) is 0 Å². The maximum atomic E-state index is 10.9. The Morgan fingerprint density at radius 1 is 1.70 bits per heavy atom. The molecule has 5 heteroatoms. The summed E-state index contributed by atoms with van der Waals surface area (Å²) in [5, 5.41) is 7.08. The predicted octanol–water partition coefficient (Wildman–Crippen LogP) is -1.62. The van der Waals surface area contributed by atoms with E-state index in [-0.39, 0.29) is 5.49 Å². The second-order valence-corrected chi connectivity index (χ2v) is 1.96. The average Bonchev–Trinajstić information content (AvgIpc) is 1.93. The van der Waals surface area contributed by atoms with E-state index in [1.165, 1.54) is 16.8 Å². The number of hydrogen-bond donors (Lipinski definition) is 2. The molecule has 1 heterocycles. The minimum Gasteiger partial charge on any atom is -0.333 e. The molecular formula is C5H8N4O. The largest absolute Gasteiger partial charge is 0.348 e. The number of nitrogens with two attached hydrogens (primary N) is 1. The van der Waals surface area contributed by atoms with E-state index < -0.39 is 5.69 Å². The average molecular weight is 140 g/mol. The number of aryl methyl sites for hydroxylation is 1. The number of hydrogen-bond acceptors (Lipinski definition) is 3. The highest BCUT2D eigenvalue weighted by Gasteiger charge is 1.92. The summed E-state index contributed by atoms with van der Waals surface area (Å²) < 4.78 is 2.08. The van der Waals surface area contributed by atoms with E-state index in [0.29, 0.717) is 0 Å². The molecule has 1 rings (SSSR count). The van der Waals surface area contributed by atoms with Crippen molar-refractivity contribution in [1.29, 1.82) is 5.41 Å². The second-order valence-electron chi connectivity index (χ2n) is 1.96. The molecule has 3 N–H and O–H groups in total. The third kappa shape index (κ3) is 0.812. The van der Waals surface area contributed by atoms with Crippen molar-refractivity contribution in [2.75, 3.05) is 5.84 Å². The first-order valence-electron chi connectivity index (χ1n) is 2.71. The van der Waals surface area contributed by atoms with E-state index in [1.807, 2.05) is 0 Å². The highest BCUT2D eigenvalue weighted by Crippen LogP contribution is 1.64. The molecule has 0 amide bonds. The standard InChI is InChI=1S/C5H8N4O/c1-8-3-2-4(6)9(7)5(8)10/h2-3,6H,7H2,1H3. The fourth-order valence-electron chi connectivity index (χ4n) is 0.599. The Morgan fingerprint density at radius 2 is 2.30 bits per heavy atom. The van der Waals surface area contributed by atoms with Crippen LogP contribution < -0.4 is 17.0 Å². The summed E-state index contributed by atoms with van der Waals surface area (Å²) in [5.74, 6) is 5.18. The van der Waals surface area contributed by atoms with Crippen LogP contribution in [0, 0.1) is 5.41 Å². The van der Waals surface area contributed by atoms with E-state index in [0.717, 1.165) is 4.68 Å². The van der Waals surface area contributed by atoms with Gasteiger partial charge in [0, 0.05) is 13.2 Å². The van der Waals surface area contributed by atoms with Crippen molar-refractivity contribution in [2.45, 2.75) is 0 Å². The predicted molar refractivity (Wildman–Crippen MR) is 35.7 cm³/mol. The van der Waals surface area contributed by atoms with Gasteiger partial charge in [-0.15, -0.1) is 0 Å². The van der Waals surface area contributed by atoms with Crippen LogP contribution in [0.2, 0.25) is 0 Å². The molecule has 0 aliphatic rings. The summed E-state index contributed by atoms with van der Waals surface area (Å²) in [4.78, 5) is 10.9. The number of nitrogen functional groups attached to an aromatic ring is 1. The van der Waals surface area contributed by atoms with Crippen molar-refractivity contribution in [3.63, 3.8) is 0 Å². The van der Waals surface area contributed by atoms with Gasteiger partial charge in [-0.1, -0.05) is 0 Å². The van der Waals surface area contributed by atoms with Gasteiger partial charge in [-0.2, -0.15) is 4.68 Å². The van der Waals surface area contributed by atoms with Crippen LogP contribution >= 0.6 is 0 Å². The Labute approximate surface area is 56.8 Å². The quantitative estimate of drug-likeness (QED) is 0.425. The second kappa shape index (κ2) is 2.02. The van der Waals surface area contributed by atoms with Crippen molar-refractivity contribution >= 4 is 0 Å². The van der Waals surface area contributed by atoms with E-state index in [1.54, 1.807) is 7.05 Å². The third-order valence-corrected chi connectivity index (χ3v) is 1.22. The molecule has 54 valence electrons. The lowest BCUT2D eigenvalue weighted by Gasteiger charge is -1.99. The molecule has 0 unspecified atom stereocenters. The minimum atomic E-state index is -0.396. The highest BCUT2D eigenvalue weighted by molar-refractivity contribution is 4.81. The Kier molecular flexibility index (Phi) is 1.33. The molecule has 0 saturated carbocycles. The van der Waals surface area contributed by atoms with Gasteiger partial charge in [0.15, 0.2) is 0 Å². The summed E-state index contributed by atoms with van der Waals surface area (Å²) in [5.41, 5.74) is -0.393. The molecule has 0 bridgehead atoms. The van der Waals surface area contributed by atoms with Crippen LogP contribution in [0.1, 0.15) is 0 Å². The SMILES string of the molecule is Cn1ccc(=N)n(N)c1=O. The maximum Gasteiger partial charge on any atom is 0.348 e. The summed E-state index contributed by atoms with van der Waals surface area (Å²) in [6.07, 6.45) is 1.49. The Balaban J connectivity index is 3.66. The first kappa shape index (κ1) is 6.60. The number of nitrogens with one attached hydrogen (secondary N) is 1. The fraction of sp³-hybridized carbons (Fsp3) is 0.200. The van der Waals surface area contributed by atoms with Crippen molar-refractivity contribution in [3.8, 4) is 0 Å². The monoisotopic (exact) mass is 140 g/mol. The lowest BCUT2D eigenvalue weighted by Crippen LogP contribution is -2.42.